The summed E-state index contributed by atoms with van der Waals surface area (Å²) < 4.78 is 21.9. The first-order valence-corrected chi connectivity index (χ1v) is 14.5. The molecule has 4 aromatic rings. The van der Waals surface area contributed by atoms with Crippen molar-refractivity contribution in [1.82, 2.24) is 19.8 Å². The van der Waals surface area contributed by atoms with E-state index in [0.29, 0.717) is 73.7 Å². The molecule has 2 heterocycles. The van der Waals surface area contributed by atoms with Crippen LogP contribution in [-0.4, -0.2) is 83.4 Å². The van der Waals surface area contributed by atoms with Crippen LogP contribution in [0.15, 0.2) is 72.8 Å². The fourth-order valence-corrected chi connectivity index (χ4v) is 4.97. The molecule has 0 aliphatic heterocycles. The maximum atomic E-state index is 11.6. The molecule has 2 aromatic heterocycles. The number of pyridine rings is 2. The molecule has 0 radical (unpaired) electrons. The van der Waals surface area contributed by atoms with Crippen LogP contribution in [0.25, 0.3) is 0 Å². The summed E-state index contributed by atoms with van der Waals surface area (Å²) in [5, 5.41) is 19.0. The van der Waals surface area contributed by atoms with Crippen LogP contribution in [0.4, 0.5) is 0 Å². The number of benzene rings is 2. The molecule has 0 saturated heterocycles. The van der Waals surface area contributed by atoms with Gasteiger partial charge in [0, 0.05) is 51.4 Å². The first-order chi connectivity index (χ1) is 22.2. The highest BCUT2D eigenvalue weighted by Crippen LogP contribution is 2.26. The van der Waals surface area contributed by atoms with E-state index < -0.39 is 11.9 Å². The molecule has 0 amide bonds. The monoisotopic (exact) mass is 630 g/mol. The van der Waals surface area contributed by atoms with Crippen LogP contribution in [0.2, 0.25) is 0 Å². The smallest absolute Gasteiger partial charge is 0.354 e. The molecule has 0 bridgehead atoms. The Kier molecular flexibility index (Phi) is 11.9. The lowest BCUT2D eigenvalue weighted by Crippen LogP contribution is -2.35. The Morgan fingerprint density at radius 1 is 0.565 bits per heavy atom. The van der Waals surface area contributed by atoms with E-state index in [1.54, 1.807) is 64.8 Å². The standard InChI is InChI=1S/C34H38N4O8/c1-43-27-13-23(14-28(17-27)44-2)19-37(21-25-7-5-9-31(35-25)33(39)40)11-12-38(22-26-8-6-10-32(36-26)34(41)42)20-24-15-29(45-3)18-30(16-24)46-4/h5-10,13-18H,11-12,19-22H2,1-4H3,(H,39,40)(H,41,42). The lowest BCUT2D eigenvalue weighted by atomic mass is 10.1. The van der Waals surface area contributed by atoms with Gasteiger partial charge in [-0.2, -0.15) is 0 Å². The third-order valence-corrected chi connectivity index (χ3v) is 7.19. The van der Waals surface area contributed by atoms with Gasteiger partial charge in [-0.1, -0.05) is 12.1 Å². The van der Waals surface area contributed by atoms with Gasteiger partial charge >= 0.3 is 11.9 Å². The minimum Gasteiger partial charge on any atom is -0.497 e. The van der Waals surface area contributed by atoms with Gasteiger partial charge in [-0.25, -0.2) is 19.6 Å². The third kappa shape index (κ3) is 9.65. The number of hydrogen-bond donors (Lipinski definition) is 2. The van der Waals surface area contributed by atoms with Gasteiger partial charge in [0.25, 0.3) is 0 Å². The molecule has 2 aromatic carbocycles. The van der Waals surface area contributed by atoms with Crippen molar-refractivity contribution in [3.8, 4) is 23.0 Å². The van der Waals surface area contributed by atoms with Crippen molar-refractivity contribution >= 4 is 11.9 Å². The van der Waals surface area contributed by atoms with E-state index >= 15 is 0 Å². The Bertz CT molecular complexity index is 1480. The minimum atomic E-state index is -1.10. The highest BCUT2D eigenvalue weighted by molar-refractivity contribution is 5.85. The predicted molar refractivity (Wildman–Crippen MR) is 170 cm³/mol. The number of rotatable bonds is 17. The first-order valence-electron chi connectivity index (χ1n) is 14.5. The van der Waals surface area contributed by atoms with Crippen LogP contribution >= 0.6 is 0 Å². The molecule has 0 fully saturated rings. The Morgan fingerprint density at radius 3 is 1.22 bits per heavy atom. The second-order valence-corrected chi connectivity index (χ2v) is 10.5. The summed E-state index contributed by atoms with van der Waals surface area (Å²) in [7, 11) is 6.37. The Morgan fingerprint density at radius 2 is 0.913 bits per heavy atom. The number of aromatic nitrogens is 2. The van der Waals surface area contributed by atoms with Gasteiger partial charge in [-0.15, -0.1) is 0 Å². The van der Waals surface area contributed by atoms with Gasteiger partial charge in [-0.05, 0) is 59.7 Å². The number of ether oxygens (including phenoxy) is 4. The van der Waals surface area contributed by atoms with Crippen LogP contribution in [0.1, 0.15) is 43.5 Å². The van der Waals surface area contributed by atoms with Crippen molar-refractivity contribution in [2.45, 2.75) is 26.2 Å². The van der Waals surface area contributed by atoms with Crippen molar-refractivity contribution in [3.05, 3.63) is 107 Å². The molecule has 2 N–H and O–H groups in total. The van der Waals surface area contributed by atoms with E-state index in [4.69, 9.17) is 18.9 Å². The summed E-state index contributed by atoms with van der Waals surface area (Å²) >= 11 is 0. The molecule has 4 rings (SSSR count). The van der Waals surface area contributed by atoms with Crippen molar-refractivity contribution in [2.75, 3.05) is 41.5 Å². The van der Waals surface area contributed by atoms with Crippen LogP contribution in [0.5, 0.6) is 23.0 Å². The molecule has 242 valence electrons. The SMILES string of the molecule is COc1cc(CN(CCN(Cc2cc(OC)cc(OC)c2)Cc2cccc(C(=O)O)n2)Cc2cccc(C(=O)O)n2)cc(OC)c1. The van der Waals surface area contributed by atoms with Crippen molar-refractivity contribution in [1.29, 1.82) is 0 Å². The molecule has 0 saturated carbocycles. The molecular formula is C34H38N4O8. The molecule has 0 unspecified atom stereocenters. The molecule has 0 atom stereocenters. The zero-order chi connectivity index (χ0) is 33.1. The quantitative estimate of drug-likeness (QED) is 0.168. The summed E-state index contributed by atoms with van der Waals surface area (Å²) in [6, 6.07) is 21.2. The summed E-state index contributed by atoms with van der Waals surface area (Å²) in [5.41, 5.74) is 3.03. The largest absolute Gasteiger partial charge is 0.497 e. The number of carboxylic acid groups (broad SMARTS) is 2. The van der Waals surface area contributed by atoms with Crippen LogP contribution < -0.4 is 18.9 Å². The molecule has 46 heavy (non-hydrogen) atoms. The van der Waals surface area contributed by atoms with E-state index in [-0.39, 0.29) is 11.4 Å². The fourth-order valence-electron chi connectivity index (χ4n) is 4.97. The van der Waals surface area contributed by atoms with Gasteiger partial charge in [0.15, 0.2) is 0 Å². The van der Waals surface area contributed by atoms with Crippen LogP contribution in [0, 0.1) is 0 Å². The topological polar surface area (TPSA) is 144 Å². The summed E-state index contributed by atoms with van der Waals surface area (Å²) in [4.78, 5) is 36.3. The maximum absolute atomic E-state index is 11.6. The van der Waals surface area contributed by atoms with E-state index in [1.807, 2.05) is 24.3 Å². The van der Waals surface area contributed by atoms with E-state index in [0.717, 1.165) is 11.1 Å². The Hall–Kier alpha value is -5.20. The lowest BCUT2D eigenvalue weighted by molar-refractivity contribution is 0.0679. The number of carboxylic acids is 2. The maximum Gasteiger partial charge on any atom is 0.354 e. The normalized spacial score (nSPS) is 11.0. The number of nitrogens with zero attached hydrogens (tertiary/aromatic N) is 4. The van der Waals surface area contributed by atoms with Crippen molar-refractivity contribution < 1.29 is 38.7 Å². The number of carbonyl (C=O) groups is 2. The predicted octanol–water partition coefficient (Wildman–Crippen LogP) is 4.61. The minimum absolute atomic E-state index is 0.0292. The Balaban J connectivity index is 1.65. The summed E-state index contributed by atoms with van der Waals surface area (Å²) in [6.45, 7) is 2.79. The van der Waals surface area contributed by atoms with Crippen molar-refractivity contribution in [2.24, 2.45) is 0 Å². The third-order valence-electron chi connectivity index (χ3n) is 7.19. The average Bonchev–Trinajstić information content (AvgIpc) is 3.06. The second kappa shape index (κ2) is 16.2. The molecule has 0 aliphatic carbocycles. The number of hydrogen-bond acceptors (Lipinski definition) is 10. The molecule has 12 heteroatoms. The first kappa shape index (κ1) is 33.7. The number of aromatic carboxylic acids is 2. The molecule has 0 spiro atoms. The second-order valence-electron chi connectivity index (χ2n) is 10.5. The molecule has 0 aliphatic rings. The van der Waals surface area contributed by atoms with E-state index in [9.17, 15) is 19.8 Å². The zero-order valence-corrected chi connectivity index (χ0v) is 26.3. The summed E-state index contributed by atoms with van der Waals surface area (Å²) in [6.07, 6.45) is 0. The fraction of sp³-hybridized carbons (Fsp3) is 0.294. The highest BCUT2D eigenvalue weighted by Gasteiger charge is 2.17. The molecule has 12 nitrogen and oxygen atoms in total. The van der Waals surface area contributed by atoms with Gasteiger partial charge < -0.3 is 29.2 Å². The van der Waals surface area contributed by atoms with Gasteiger partial charge in [-0.3, -0.25) is 9.80 Å². The van der Waals surface area contributed by atoms with Crippen LogP contribution in [0.3, 0.4) is 0 Å². The van der Waals surface area contributed by atoms with Crippen LogP contribution in [-0.2, 0) is 26.2 Å². The number of methoxy groups -OCH3 is 4. The molecular weight excluding hydrogens is 592 g/mol. The average molecular weight is 631 g/mol. The Labute approximate surface area is 267 Å². The van der Waals surface area contributed by atoms with E-state index in [1.165, 1.54) is 12.1 Å². The lowest BCUT2D eigenvalue weighted by Gasteiger charge is -2.28. The zero-order valence-electron chi connectivity index (χ0n) is 26.3. The highest BCUT2D eigenvalue weighted by atomic mass is 16.5. The van der Waals surface area contributed by atoms with Gasteiger partial charge in [0.05, 0.1) is 39.8 Å². The van der Waals surface area contributed by atoms with Gasteiger partial charge in [0.2, 0.25) is 0 Å². The van der Waals surface area contributed by atoms with Gasteiger partial charge in [0.1, 0.15) is 34.4 Å². The summed E-state index contributed by atoms with van der Waals surface area (Å²) in [5.74, 6) is 0.414. The van der Waals surface area contributed by atoms with Crippen molar-refractivity contribution in [3.63, 3.8) is 0 Å². The van der Waals surface area contributed by atoms with E-state index in [2.05, 4.69) is 19.8 Å².